The molecule has 468 valence electrons. The van der Waals surface area contributed by atoms with E-state index in [0.29, 0.717) is 23.2 Å². The zero-order valence-electron chi connectivity index (χ0n) is 55.9. The van der Waals surface area contributed by atoms with Crippen molar-refractivity contribution in [3.8, 4) is 34.5 Å². The molecule has 1 unspecified atom stereocenters. The first-order valence-electron chi connectivity index (χ1n) is 31.1. The lowest BCUT2D eigenvalue weighted by atomic mass is 9.77. The SMILES string of the molecule is CCCC[Si](C)(C)O[Si](C)(C)CCCCCCCCCCC(c1ccc(OC)c(C)c1)c1ccc(OC(C)=O)c(C)c1.COc1ccc(C(C)(C)c2ccc(OC(C)=O)c(C)c2)cc1C.COc1ccc(C(C)(C)c2ccc(OC(C)=O)cc2)cc1. The maximum Gasteiger partial charge on any atom is 0.308 e. The van der Waals surface area contributed by atoms with Gasteiger partial charge in [0.1, 0.15) is 34.5 Å². The maximum absolute atomic E-state index is 11.5. The van der Waals surface area contributed by atoms with Crippen LogP contribution in [-0.4, -0.2) is 55.9 Å². The summed E-state index contributed by atoms with van der Waals surface area (Å²) in [6, 6.07) is 43.3. The summed E-state index contributed by atoms with van der Waals surface area (Å²) in [6.07, 6.45) is 14.2. The molecule has 0 saturated heterocycles. The zero-order chi connectivity index (χ0) is 63.8. The molecular weight excluding hydrogens is 1100 g/mol. The molecule has 12 heteroatoms. The Balaban J connectivity index is 0.000000302. The van der Waals surface area contributed by atoms with E-state index < -0.39 is 16.6 Å². The maximum atomic E-state index is 11.5. The summed E-state index contributed by atoms with van der Waals surface area (Å²) >= 11 is 0. The van der Waals surface area contributed by atoms with Gasteiger partial charge in [-0.1, -0.05) is 172 Å². The third-order valence-corrected chi connectivity index (χ3v) is 23.8. The standard InChI is InChI=1S/C36H60O4Si2.C20H24O3.C18H20O3/c1-10-11-25-41(6,7)40-42(8,9)26-19-17-15-13-12-14-16-18-20-34(32-21-23-35(38-5)29(2)27-32)33-22-24-36(30(3)28-33)39-31(4)37;1-13-11-16(7-9-18(13)22-6)20(4,5)17-8-10-19(14(2)12-17)23-15(3)21;1-13(19)21-17-11-7-15(8-12-17)18(2,3)14-5-9-16(20-4)10-6-14/h21-24,27-28,34H,10-20,25-26H2,1-9H3;7-12H,1-6H3;5-12H,1-4H3. The van der Waals surface area contributed by atoms with Gasteiger partial charge < -0.3 is 32.5 Å². The molecule has 10 nitrogen and oxygen atoms in total. The zero-order valence-corrected chi connectivity index (χ0v) is 57.9. The summed E-state index contributed by atoms with van der Waals surface area (Å²) < 4.78 is 38.5. The van der Waals surface area contributed by atoms with Gasteiger partial charge in [-0.3, -0.25) is 14.4 Å². The first kappa shape index (κ1) is 72.0. The van der Waals surface area contributed by atoms with Crippen LogP contribution in [0.5, 0.6) is 34.5 Å². The van der Waals surface area contributed by atoms with Crippen LogP contribution in [0.25, 0.3) is 0 Å². The molecule has 0 aliphatic carbocycles. The van der Waals surface area contributed by atoms with Crippen molar-refractivity contribution in [2.24, 2.45) is 0 Å². The monoisotopic (exact) mass is 1210 g/mol. The molecule has 1 atom stereocenters. The number of benzene rings is 6. The van der Waals surface area contributed by atoms with Crippen molar-refractivity contribution in [1.82, 2.24) is 0 Å². The summed E-state index contributed by atoms with van der Waals surface area (Å²) in [7, 11) is 2.05. The Hall–Kier alpha value is -6.48. The minimum Gasteiger partial charge on any atom is -0.497 e. The van der Waals surface area contributed by atoms with E-state index in [1.807, 2.05) is 81.4 Å². The fraction of sp³-hybridized carbons (Fsp3) is 0.473. The first-order valence-corrected chi connectivity index (χ1v) is 37.3. The van der Waals surface area contributed by atoms with E-state index in [0.717, 1.165) is 51.5 Å². The average molecular weight is 1210 g/mol. The highest BCUT2D eigenvalue weighted by atomic mass is 28.4. The highest BCUT2D eigenvalue weighted by Gasteiger charge is 2.32. The van der Waals surface area contributed by atoms with Gasteiger partial charge in [0, 0.05) is 37.5 Å². The molecule has 0 saturated carbocycles. The lowest BCUT2D eigenvalue weighted by molar-refractivity contribution is -0.132. The van der Waals surface area contributed by atoms with Crippen LogP contribution in [0.15, 0.2) is 121 Å². The number of carbonyl (C=O) groups is 3. The Bertz CT molecular complexity index is 3090. The number of methoxy groups -OCH3 is 3. The fourth-order valence-corrected chi connectivity index (χ4v) is 20.3. The summed E-state index contributed by atoms with van der Waals surface area (Å²) in [4.78, 5) is 33.6. The van der Waals surface area contributed by atoms with Crippen molar-refractivity contribution < 1.29 is 46.9 Å². The van der Waals surface area contributed by atoms with Gasteiger partial charge in [0.15, 0.2) is 16.6 Å². The van der Waals surface area contributed by atoms with E-state index in [-0.39, 0.29) is 28.7 Å². The van der Waals surface area contributed by atoms with Crippen molar-refractivity contribution in [3.63, 3.8) is 0 Å². The minimum absolute atomic E-state index is 0.138. The topological polar surface area (TPSA) is 116 Å². The van der Waals surface area contributed by atoms with Gasteiger partial charge in [-0.2, -0.15) is 0 Å². The van der Waals surface area contributed by atoms with Crippen molar-refractivity contribution >= 4 is 34.5 Å². The molecule has 0 aliphatic rings. The second kappa shape index (κ2) is 34.2. The van der Waals surface area contributed by atoms with Gasteiger partial charge in [0.2, 0.25) is 0 Å². The van der Waals surface area contributed by atoms with Crippen LogP contribution in [0, 0.1) is 27.7 Å². The molecule has 0 aromatic heterocycles. The predicted molar refractivity (Wildman–Crippen MR) is 359 cm³/mol. The van der Waals surface area contributed by atoms with Gasteiger partial charge in [-0.15, -0.1) is 0 Å². The smallest absolute Gasteiger partial charge is 0.308 e. The Labute approximate surface area is 520 Å². The fourth-order valence-electron chi connectivity index (χ4n) is 11.2. The molecule has 86 heavy (non-hydrogen) atoms. The van der Waals surface area contributed by atoms with Crippen LogP contribution >= 0.6 is 0 Å². The van der Waals surface area contributed by atoms with E-state index >= 15 is 0 Å². The Morgan fingerprint density at radius 1 is 0.407 bits per heavy atom. The van der Waals surface area contributed by atoms with E-state index in [4.69, 9.17) is 32.5 Å². The van der Waals surface area contributed by atoms with E-state index in [2.05, 4.69) is 128 Å². The molecule has 0 fully saturated rings. The van der Waals surface area contributed by atoms with Gasteiger partial charge in [0.05, 0.1) is 21.3 Å². The van der Waals surface area contributed by atoms with Gasteiger partial charge >= 0.3 is 17.9 Å². The number of ether oxygens (including phenoxy) is 6. The molecule has 6 aromatic carbocycles. The number of aryl methyl sites for hydroxylation is 4. The summed E-state index contributed by atoms with van der Waals surface area (Å²) in [5.41, 5.74) is 11.3. The van der Waals surface area contributed by atoms with Crippen molar-refractivity contribution in [2.45, 2.75) is 209 Å². The van der Waals surface area contributed by atoms with Gasteiger partial charge in [-0.25, -0.2) is 0 Å². The molecule has 0 radical (unpaired) electrons. The van der Waals surface area contributed by atoms with Crippen molar-refractivity contribution in [2.75, 3.05) is 21.3 Å². The number of carbonyl (C=O) groups excluding carboxylic acids is 3. The van der Waals surface area contributed by atoms with E-state index in [1.54, 1.807) is 21.3 Å². The van der Waals surface area contributed by atoms with Crippen LogP contribution < -0.4 is 28.4 Å². The van der Waals surface area contributed by atoms with Gasteiger partial charge in [-0.05, 0) is 177 Å². The second-order valence-corrected chi connectivity index (χ2v) is 34.2. The number of hydrogen-bond donors (Lipinski definition) is 0. The average Bonchev–Trinajstić information content (AvgIpc) is 2.41. The Morgan fingerprint density at radius 2 is 0.756 bits per heavy atom. The van der Waals surface area contributed by atoms with Crippen molar-refractivity contribution in [1.29, 1.82) is 0 Å². The minimum atomic E-state index is -1.53. The highest BCUT2D eigenvalue weighted by Crippen LogP contribution is 2.38. The highest BCUT2D eigenvalue weighted by molar-refractivity contribution is 6.84. The lowest BCUT2D eigenvalue weighted by Crippen LogP contribution is -2.44. The second-order valence-electron chi connectivity index (χ2n) is 25.3. The Kier molecular flexibility index (Phi) is 28.6. The Morgan fingerprint density at radius 3 is 1.15 bits per heavy atom. The summed E-state index contributed by atoms with van der Waals surface area (Å²) in [6.45, 7) is 33.1. The summed E-state index contributed by atoms with van der Waals surface area (Å²) in [5, 5.41) is 0. The molecule has 0 aliphatic heterocycles. The molecule has 0 amide bonds. The molecule has 0 N–H and O–H groups in total. The lowest BCUT2D eigenvalue weighted by Gasteiger charge is -2.34. The molecule has 0 bridgehead atoms. The van der Waals surface area contributed by atoms with Gasteiger partial charge in [0.25, 0.3) is 0 Å². The largest absolute Gasteiger partial charge is 0.497 e. The number of unbranched alkanes of at least 4 members (excludes halogenated alkanes) is 8. The number of rotatable bonds is 28. The van der Waals surface area contributed by atoms with Crippen LogP contribution in [0.3, 0.4) is 0 Å². The third kappa shape index (κ3) is 23.0. The predicted octanol–water partition coefficient (Wildman–Crippen LogP) is 19.6. The first-order chi connectivity index (χ1) is 40.6. The molecule has 0 spiro atoms. The van der Waals surface area contributed by atoms with Crippen LogP contribution in [0.2, 0.25) is 38.3 Å². The van der Waals surface area contributed by atoms with Crippen LogP contribution in [0.1, 0.15) is 188 Å². The number of esters is 3. The van der Waals surface area contributed by atoms with E-state index in [1.165, 1.54) is 125 Å². The molecular formula is C74H104O10Si2. The molecule has 6 aromatic rings. The third-order valence-electron chi connectivity index (χ3n) is 16.3. The van der Waals surface area contributed by atoms with Crippen LogP contribution in [-0.2, 0) is 29.3 Å². The normalized spacial score (nSPS) is 11.9. The molecule has 6 rings (SSSR count). The summed E-state index contributed by atoms with van der Waals surface area (Å²) in [5.74, 6) is 3.91. The van der Waals surface area contributed by atoms with Crippen molar-refractivity contribution in [3.05, 3.63) is 177 Å². The number of hydrogen-bond acceptors (Lipinski definition) is 10. The quantitative estimate of drug-likeness (QED) is 0.0203. The van der Waals surface area contributed by atoms with Crippen LogP contribution in [0.4, 0.5) is 0 Å². The van der Waals surface area contributed by atoms with E-state index in [9.17, 15) is 14.4 Å². The molecule has 0 heterocycles.